The van der Waals surface area contributed by atoms with E-state index in [1.807, 2.05) is 47.6 Å². The zero-order valence-electron chi connectivity index (χ0n) is 16.9. The predicted octanol–water partition coefficient (Wildman–Crippen LogP) is 4.20. The predicted molar refractivity (Wildman–Crippen MR) is 110 cm³/mol. The molecule has 5 nitrogen and oxygen atoms in total. The zero-order chi connectivity index (χ0) is 20.4. The van der Waals surface area contributed by atoms with Gasteiger partial charge in [0.05, 0.1) is 4.90 Å². The van der Waals surface area contributed by atoms with E-state index in [9.17, 15) is 13.2 Å². The van der Waals surface area contributed by atoms with Crippen LogP contribution in [-0.4, -0.2) is 32.3 Å². The smallest absolute Gasteiger partial charge is 0.262 e. The minimum Gasteiger partial charge on any atom is -0.339 e. The van der Waals surface area contributed by atoms with Crippen LogP contribution in [0, 0.1) is 27.7 Å². The summed E-state index contributed by atoms with van der Waals surface area (Å²) in [4.78, 5) is 14.4. The largest absolute Gasteiger partial charge is 0.339 e. The van der Waals surface area contributed by atoms with Crippen molar-refractivity contribution in [2.24, 2.45) is 0 Å². The van der Waals surface area contributed by atoms with Gasteiger partial charge in [-0.05, 0) is 88.1 Å². The molecule has 0 bridgehead atoms. The monoisotopic (exact) mass is 388 g/mol. The number of sulfonamides is 1. The van der Waals surface area contributed by atoms with E-state index < -0.39 is 10.0 Å². The lowest BCUT2D eigenvalue weighted by Crippen LogP contribution is -2.30. The van der Waals surface area contributed by atoms with Crippen LogP contribution in [0.3, 0.4) is 0 Å². The van der Waals surface area contributed by atoms with Gasteiger partial charge >= 0.3 is 0 Å². The van der Waals surface area contributed by atoms with Gasteiger partial charge in [-0.25, -0.2) is 8.42 Å². The first kappa shape index (κ1) is 21.0. The molecule has 0 aromatic heterocycles. The number of nitrogens with one attached hydrogen (secondary N) is 1. The Morgan fingerprint density at radius 1 is 0.926 bits per heavy atom. The molecule has 6 heteroatoms. The van der Waals surface area contributed by atoms with E-state index in [-0.39, 0.29) is 5.91 Å². The van der Waals surface area contributed by atoms with Crippen LogP contribution < -0.4 is 4.72 Å². The van der Waals surface area contributed by atoms with Crippen molar-refractivity contribution in [3.8, 4) is 0 Å². The lowest BCUT2D eigenvalue weighted by Gasteiger charge is -2.19. The number of amides is 1. The molecule has 0 aliphatic carbocycles. The Balaban J connectivity index is 2.34. The maximum absolute atomic E-state index is 13.0. The van der Waals surface area contributed by atoms with Crippen LogP contribution in [0.1, 0.15) is 46.5 Å². The third kappa shape index (κ3) is 4.33. The topological polar surface area (TPSA) is 66.5 Å². The molecule has 27 heavy (non-hydrogen) atoms. The molecule has 1 amide bonds. The molecular weight excluding hydrogens is 360 g/mol. The average molecular weight is 389 g/mol. The number of hydrogen-bond acceptors (Lipinski definition) is 3. The number of carbonyl (C=O) groups excluding carboxylic acids is 1. The molecule has 2 rings (SSSR count). The number of carbonyl (C=O) groups is 1. The van der Waals surface area contributed by atoms with Crippen LogP contribution in [0.25, 0.3) is 0 Å². The second-order valence-electron chi connectivity index (χ2n) is 6.75. The minimum absolute atomic E-state index is 0.0598. The fourth-order valence-electron chi connectivity index (χ4n) is 3.16. The van der Waals surface area contributed by atoms with E-state index in [1.54, 1.807) is 29.2 Å². The van der Waals surface area contributed by atoms with E-state index in [0.717, 1.165) is 22.3 Å². The molecule has 146 valence electrons. The van der Waals surface area contributed by atoms with Crippen molar-refractivity contribution >= 4 is 21.6 Å². The second kappa shape index (κ2) is 8.13. The Kier molecular flexibility index (Phi) is 6.31. The summed E-state index contributed by atoms with van der Waals surface area (Å²) in [6.07, 6.45) is 0. The zero-order valence-corrected chi connectivity index (χ0v) is 17.7. The van der Waals surface area contributed by atoms with Gasteiger partial charge in [-0.15, -0.1) is 0 Å². The number of benzene rings is 2. The van der Waals surface area contributed by atoms with E-state index in [2.05, 4.69) is 4.72 Å². The third-order valence-corrected chi connectivity index (χ3v) is 6.65. The molecular formula is C21H28N2O3S. The highest BCUT2D eigenvalue weighted by Gasteiger charge is 2.22. The molecule has 1 N–H and O–H groups in total. The molecule has 0 saturated heterocycles. The van der Waals surface area contributed by atoms with Crippen molar-refractivity contribution in [1.29, 1.82) is 0 Å². The number of nitrogens with zero attached hydrogens (tertiary/aromatic N) is 1. The quantitative estimate of drug-likeness (QED) is 0.806. The maximum Gasteiger partial charge on any atom is 0.262 e. The van der Waals surface area contributed by atoms with Crippen molar-refractivity contribution in [3.05, 3.63) is 58.1 Å². The molecule has 0 aliphatic rings. The number of anilines is 1. The lowest BCUT2D eigenvalue weighted by molar-refractivity contribution is 0.0773. The van der Waals surface area contributed by atoms with Crippen LogP contribution in [0.15, 0.2) is 35.2 Å². The molecule has 0 aliphatic heterocycles. The molecule has 0 saturated carbocycles. The van der Waals surface area contributed by atoms with Gasteiger partial charge in [0.1, 0.15) is 0 Å². The second-order valence-corrected chi connectivity index (χ2v) is 8.37. The summed E-state index contributed by atoms with van der Waals surface area (Å²) in [6, 6.07) is 8.56. The lowest BCUT2D eigenvalue weighted by atomic mass is 10.0. The molecule has 2 aromatic rings. The van der Waals surface area contributed by atoms with Crippen molar-refractivity contribution in [2.75, 3.05) is 17.8 Å². The maximum atomic E-state index is 13.0. The molecule has 0 radical (unpaired) electrons. The third-order valence-electron chi connectivity index (χ3n) is 5.00. The van der Waals surface area contributed by atoms with Gasteiger partial charge in [-0.2, -0.15) is 0 Å². The fraction of sp³-hybridized carbons (Fsp3) is 0.381. The van der Waals surface area contributed by atoms with Crippen molar-refractivity contribution < 1.29 is 13.2 Å². The van der Waals surface area contributed by atoms with Crippen LogP contribution in [-0.2, 0) is 10.0 Å². The van der Waals surface area contributed by atoms with Crippen LogP contribution in [0.4, 0.5) is 5.69 Å². The first-order valence-electron chi connectivity index (χ1n) is 9.11. The summed E-state index contributed by atoms with van der Waals surface area (Å²) in [7, 11) is -3.72. The number of hydrogen-bond donors (Lipinski definition) is 1. The van der Waals surface area contributed by atoms with Gasteiger partial charge in [0.25, 0.3) is 15.9 Å². The van der Waals surface area contributed by atoms with E-state index in [0.29, 0.717) is 29.2 Å². The Bertz CT molecular complexity index is 918. The summed E-state index contributed by atoms with van der Waals surface area (Å²) >= 11 is 0. The van der Waals surface area contributed by atoms with Crippen LogP contribution in [0.2, 0.25) is 0 Å². The summed E-state index contributed by atoms with van der Waals surface area (Å²) in [5.74, 6) is -0.0598. The molecule has 0 atom stereocenters. The summed E-state index contributed by atoms with van der Waals surface area (Å²) in [5, 5.41) is 0. The number of rotatable bonds is 6. The summed E-state index contributed by atoms with van der Waals surface area (Å²) in [5.41, 5.74) is 4.36. The molecule has 0 heterocycles. The first-order chi connectivity index (χ1) is 12.6. The van der Waals surface area contributed by atoms with Crippen molar-refractivity contribution in [3.63, 3.8) is 0 Å². The van der Waals surface area contributed by atoms with Gasteiger partial charge < -0.3 is 4.90 Å². The number of aryl methyl sites for hydroxylation is 2. The van der Waals surface area contributed by atoms with E-state index in [4.69, 9.17) is 0 Å². The Hall–Kier alpha value is -2.34. The molecule has 2 aromatic carbocycles. The van der Waals surface area contributed by atoms with Gasteiger partial charge in [0.2, 0.25) is 0 Å². The van der Waals surface area contributed by atoms with E-state index >= 15 is 0 Å². The molecule has 0 unspecified atom stereocenters. The van der Waals surface area contributed by atoms with Gasteiger partial charge in [-0.1, -0.05) is 6.07 Å². The SMILES string of the molecule is CCN(CC)C(=O)c1ccc(NS(=O)(=O)c2c(C)c(C)cc(C)c2C)cc1. The van der Waals surface area contributed by atoms with Crippen LogP contribution >= 0.6 is 0 Å². The summed E-state index contributed by atoms with van der Waals surface area (Å²) < 4.78 is 28.6. The molecule has 0 fully saturated rings. The van der Waals surface area contributed by atoms with Gasteiger partial charge in [0, 0.05) is 24.3 Å². The van der Waals surface area contributed by atoms with Gasteiger partial charge in [0.15, 0.2) is 0 Å². The van der Waals surface area contributed by atoms with Crippen LogP contribution in [0.5, 0.6) is 0 Å². The summed E-state index contributed by atoms with van der Waals surface area (Å²) in [6.45, 7) is 12.6. The highest BCUT2D eigenvalue weighted by molar-refractivity contribution is 7.92. The van der Waals surface area contributed by atoms with Gasteiger partial charge in [-0.3, -0.25) is 9.52 Å². The van der Waals surface area contributed by atoms with E-state index in [1.165, 1.54) is 0 Å². The Labute approximate surface area is 162 Å². The Morgan fingerprint density at radius 3 is 1.85 bits per heavy atom. The highest BCUT2D eigenvalue weighted by Crippen LogP contribution is 2.28. The standard InChI is InChI=1S/C21H28N2O3S/c1-7-23(8-2)21(24)18-9-11-19(12-10-18)22-27(25,26)20-16(5)14(3)13-15(4)17(20)6/h9-13,22H,7-8H2,1-6H3. The highest BCUT2D eigenvalue weighted by atomic mass is 32.2. The first-order valence-corrected chi connectivity index (χ1v) is 10.6. The average Bonchev–Trinajstić information content (AvgIpc) is 2.61. The fourth-order valence-corrected chi connectivity index (χ4v) is 4.84. The molecule has 0 spiro atoms. The Morgan fingerprint density at radius 2 is 1.41 bits per heavy atom. The van der Waals surface area contributed by atoms with Crippen molar-refractivity contribution in [2.45, 2.75) is 46.4 Å². The van der Waals surface area contributed by atoms with Crippen molar-refractivity contribution in [1.82, 2.24) is 4.90 Å². The normalized spacial score (nSPS) is 11.3. The minimum atomic E-state index is -3.72.